The lowest BCUT2D eigenvalue weighted by molar-refractivity contribution is -0.384. The minimum absolute atomic E-state index is 0.0111. The molecule has 0 aliphatic heterocycles. The Morgan fingerprint density at radius 3 is 2.48 bits per heavy atom. The van der Waals surface area contributed by atoms with Crippen LogP contribution in [0, 0.1) is 17.0 Å². The predicted molar refractivity (Wildman–Crippen MR) is 119 cm³/mol. The summed E-state index contributed by atoms with van der Waals surface area (Å²) in [6.45, 7) is 3.35. The summed E-state index contributed by atoms with van der Waals surface area (Å²) in [5.74, 6) is -0.650. The molecular weight excluding hydrogens is 442 g/mol. The van der Waals surface area contributed by atoms with E-state index >= 15 is 0 Å². The molecule has 3 aromatic rings. The monoisotopic (exact) mass is 461 g/mol. The molecule has 12 heteroatoms. The fraction of sp³-hybridized carbons (Fsp3) is 0.211. The van der Waals surface area contributed by atoms with Crippen molar-refractivity contribution in [3.8, 4) is 10.6 Å². The maximum atomic E-state index is 12.8. The number of rotatable bonds is 7. The Hall–Kier alpha value is -3.38. The van der Waals surface area contributed by atoms with E-state index in [1.54, 1.807) is 0 Å². The number of nitro groups is 1. The van der Waals surface area contributed by atoms with Crippen LogP contribution in [0.15, 0.2) is 48.5 Å². The molecule has 1 atom stereocenters. The highest BCUT2D eigenvalue weighted by atomic mass is 32.2. The number of sulfonamides is 1. The molecule has 0 saturated carbocycles. The van der Waals surface area contributed by atoms with Crippen molar-refractivity contribution in [3.63, 3.8) is 0 Å². The van der Waals surface area contributed by atoms with Gasteiger partial charge in [-0.1, -0.05) is 47.2 Å². The molecule has 1 aromatic heterocycles. The highest BCUT2D eigenvalue weighted by Crippen LogP contribution is 2.28. The average Bonchev–Trinajstić information content (AvgIpc) is 3.16. The van der Waals surface area contributed by atoms with E-state index in [-0.39, 0.29) is 16.5 Å². The maximum Gasteiger partial charge on any atom is 0.271 e. The molecule has 0 unspecified atom stereocenters. The van der Waals surface area contributed by atoms with Crippen LogP contribution in [-0.2, 0) is 14.8 Å². The zero-order valence-corrected chi connectivity index (χ0v) is 18.5. The Morgan fingerprint density at radius 1 is 1.19 bits per heavy atom. The van der Waals surface area contributed by atoms with Crippen LogP contribution in [0.5, 0.6) is 0 Å². The zero-order valence-electron chi connectivity index (χ0n) is 16.8. The van der Waals surface area contributed by atoms with Crippen LogP contribution in [0.2, 0.25) is 0 Å². The summed E-state index contributed by atoms with van der Waals surface area (Å²) in [5.41, 5.74) is 1.66. The van der Waals surface area contributed by atoms with E-state index in [1.807, 2.05) is 31.2 Å². The molecule has 0 aliphatic carbocycles. The molecule has 10 nitrogen and oxygen atoms in total. The molecular formula is C19H19N5O5S2. The normalized spacial score (nSPS) is 12.2. The van der Waals surface area contributed by atoms with Crippen LogP contribution < -0.4 is 9.62 Å². The van der Waals surface area contributed by atoms with Gasteiger partial charge in [0.05, 0.1) is 16.9 Å². The maximum absolute atomic E-state index is 12.8. The number of anilines is 2. The van der Waals surface area contributed by atoms with Crippen molar-refractivity contribution < 1.29 is 18.1 Å². The first kappa shape index (κ1) is 22.3. The SMILES string of the molecule is Cc1ccc(-c2nnc(NC(=O)[C@@H](C)N(c3cccc([N+](=O)[O-])c3)S(C)(=O)=O)s2)cc1. The van der Waals surface area contributed by atoms with Crippen molar-refractivity contribution in [2.24, 2.45) is 0 Å². The van der Waals surface area contributed by atoms with Gasteiger partial charge in [-0.25, -0.2) is 8.42 Å². The molecule has 1 heterocycles. The van der Waals surface area contributed by atoms with Crippen molar-refractivity contribution in [1.29, 1.82) is 0 Å². The van der Waals surface area contributed by atoms with Gasteiger partial charge in [0.15, 0.2) is 0 Å². The molecule has 2 aromatic carbocycles. The van der Waals surface area contributed by atoms with E-state index in [0.29, 0.717) is 5.01 Å². The van der Waals surface area contributed by atoms with Gasteiger partial charge in [0.1, 0.15) is 11.0 Å². The third-order valence-corrected chi connectivity index (χ3v) is 6.47. The van der Waals surface area contributed by atoms with Crippen LogP contribution in [0.1, 0.15) is 12.5 Å². The quantitative estimate of drug-likeness (QED) is 0.421. The highest BCUT2D eigenvalue weighted by molar-refractivity contribution is 7.92. The van der Waals surface area contributed by atoms with E-state index < -0.39 is 26.9 Å². The van der Waals surface area contributed by atoms with Crippen LogP contribution >= 0.6 is 11.3 Å². The topological polar surface area (TPSA) is 135 Å². The van der Waals surface area contributed by atoms with E-state index in [4.69, 9.17) is 0 Å². The average molecular weight is 462 g/mol. The number of nitrogens with one attached hydrogen (secondary N) is 1. The third kappa shape index (κ3) is 5.22. The van der Waals surface area contributed by atoms with E-state index in [2.05, 4.69) is 15.5 Å². The first-order valence-corrected chi connectivity index (χ1v) is 11.7. The first-order valence-electron chi connectivity index (χ1n) is 9.01. The van der Waals surface area contributed by atoms with Gasteiger partial charge in [-0.15, -0.1) is 10.2 Å². The van der Waals surface area contributed by atoms with E-state index in [1.165, 1.54) is 25.1 Å². The Morgan fingerprint density at radius 2 is 1.87 bits per heavy atom. The molecule has 1 amide bonds. The number of carbonyl (C=O) groups excluding carboxylic acids is 1. The third-order valence-electron chi connectivity index (χ3n) is 4.34. The number of nitrogens with zero attached hydrogens (tertiary/aromatic N) is 4. The summed E-state index contributed by atoms with van der Waals surface area (Å²) in [7, 11) is -3.92. The number of nitro benzene ring substituents is 1. The minimum atomic E-state index is -3.92. The van der Waals surface area contributed by atoms with E-state index in [0.717, 1.165) is 39.1 Å². The van der Waals surface area contributed by atoms with Crippen molar-refractivity contribution in [2.75, 3.05) is 15.9 Å². The lowest BCUT2D eigenvalue weighted by Gasteiger charge is -2.27. The second-order valence-electron chi connectivity index (χ2n) is 6.78. The largest absolute Gasteiger partial charge is 0.299 e. The summed E-state index contributed by atoms with van der Waals surface area (Å²) in [6.07, 6.45) is 0.927. The lowest BCUT2D eigenvalue weighted by Crippen LogP contribution is -2.45. The molecule has 0 saturated heterocycles. The first-order chi connectivity index (χ1) is 14.6. The predicted octanol–water partition coefficient (Wildman–Crippen LogP) is 3.21. The smallest absolute Gasteiger partial charge is 0.271 e. The van der Waals surface area contributed by atoms with Gasteiger partial charge in [-0.3, -0.25) is 24.5 Å². The molecule has 0 radical (unpaired) electrons. The Kier molecular flexibility index (Phi) is 6.32. The van der Waals surface area contributed by atoms with Crippen LogP contribution in [0.25, 0.3) is 10.6 Å². The van der Waals surface area contributed by atoms with Gasteiger partial charge in [0.25, 0.3) is 5.69 Å². The second kappa shape index (κ2) is 8.78. The molecule has 1 N–H and O–H groups in total. The number of aryl methyl sites for hydroxylation is 1. The second-order valence-corrected chi connectivity index (χ2v) is 9.62. The minimum Gasteiger partial charge on any atom is -0.299 e. The number of hydrogen-bond donors (Lipinski definition) is 1. The molecule has 0 aliphatic rings. The fourth-order valence-electron chi connectivity index (χ4n) is 2.85. The number of amides is 1. The van der Waals surface area contributed by atoms with Gasteiger partial charge >= 0.3 is 0 Å². The molecule has 0 bridgehead atoms. The van der Waals surface area contributed by atoms with Crippen LogP contribution in [-0.4, -0.2) is 41.7 Å². The van der Waals surface area contributed by atoms with Crippen molar-refractivity contribution in [3.05, 3.63) is 64.2 Å². The molecule has 162 valence electrons. The van der Waals surface area contributed by atoms with Gasteiger partial charge in [-0.05, 0) is 19.9 Å². The van der Waals surface area contributed by atoms with Gasteiger partial charge in [-0.2, -0.15) is 0 Å². The van der Waals surface area contributed by atoms with Crippen molar-refractivity contribution in [1.82, 2.24) is 10.2 Å². The summed E-state index contributed by atoms with van der Waals surface area (Å²) in [6, 6.07) is 11.5. The summed E-state index contributed by atoms with van der Waals surface area (Å²) in [5, 5.41) is 22.4. The van der Waals surface area contributed by atoms with Crippen LogP contribution in [0.3, 0.4) is 0 Å². The van der Waals surface area contributed by atoms with Gasteiger partial charge in [0, 0.05) is 17.7 Å². The van der Waals surface area contributed by atoms with Gasteiger partial charge in [0.2, 0.25) is 21.1 Å². The lowest BCUT2D eigenvalue weighted by atomic mass is 10.2. The number of carbonyl (C=O) groups is 1. The van der Waals surface area contributed by atoms with Gasteiger partial charge < -0.3 is 0 Å². The zero-order chi connectivity index (χ0) is 22.8. The molecule has 0 spiro atoms. The Labute approximate surface area is 182 Å². The Bertz CT molecular complexity index is 1220. The molecule has 0 fully saturated rings. The number of hydrogen-bond acceptors (Lipinski definition) is 8. The van der Waals surface area contributed by atoms with E-state index in [9.17, 15) is 23.3 Å². The van der Waals surface area contributed by atoms with Crippen molar-refractivity contribution >= 4 is 43.8 Å². The van der Waals surface area contributed by atoms with Crippen molar-refractivity contribution in [2.45, 2.75) is 19.9 Å². The summed E-state index contributed by atoms with van der Waals surface area (Å²) >= 11 is 1.15. The number of non-ortho nitro benzene ring substituents is 1. The fourth-order valence-corrected chi connectivity index (χ4v) is 4.77. The standard InChI is InChI=1S/C19H19N5O5S2/c1-12-7-9-14(10-8-12)18-21-22-19(30-18)20-17(25)13(2)23(31(3,28)29)15-5-4-6-16(11-15)24(26)27/h4-11,13H,1-3H3,(H,20,22,25)/t13-/m1/s1. The highest BCUT2D eigenvalue weighted by Gasteiger charge is 2.30. The molecule has 3 rings (SSSR count). The summed E-state index contributed by atoms with van der Waals surface area (Å²) < 4.78 is 25.6. The number of aromatic nitrogens is 2. The number of benzene rings is 2. The Balaban J connectivity index is 1.83. The summed E-state index contributed by atoms with van der Waals surface area (Å²) in [4.78, 5) is 23.2. The molecule has 31 heavy (non-hydrogen) atoms. The van der Waals surface area contributed by atoms with Crippen LogP contribution in [0.4, 0.5) is 16.5 Å².